The first-order valence-corrected chi connectivity index (χ1v) is 14.1. The van der Waals surface area contributed by atoms with E-state index in [0.29, 0.717) is 28.2 Å². The summed E-state index contributed by atoms with van der Waals surface area (Å²) < 4.78 is 26.5. The van der Waals surface area contributed by atoms with E-state index in [9.17, 15) is 9.59 Å². The van der Waals surface area contributed by atoms with Gasteiger partial charge < -0.3 is 19.6 Å². The Labute approximate surface area is 232 Å². The number of nitrogens with one attached hydrogen (secondary N) is 2. The van der Waals surface area contributed by atoms with Gasteiger partial charge in [0.1, 0.15) is 29.1 Å². The molecule has 2 N–H and O–H groups in total. The van der Waals surface area contributed by atoms with Crippen LogP contribution in [-0.2, 0) is 9.53 Å². The van der Waals surface area contributed by atoms with Gasteiger partial charge in [0.05, 0.1) is 23.9 Å². The Hall–Kier alpha value is -4.01. The number of rotatable bonds is 8. The summed E-state index contributed by atoms with van der Waals surface area (Å²) in [5.41, 5.74) is 2.32. The van der Waals surface area contributed by atoms with E-state index >= 15 is 4.39 Å². The van der Waals surface area contributed by atoms with Gasteiger partial charge in [0.25, 0.3) is 5.91 Å². The monoisotopic (exact) mass is 546 g/mol. The molecule has 0 radical (unpaired) electrons. The van der Waals surface area contributed by atoms with Crippen molar-refractivity contribution in [1.82, 2.24) is 20.4 Å². The summed E-state index contributed by atoms with van der Waals surface area (Å²) in [6.45, 7) is 3.63. The van der Waals surface area contributed by atoms with Crippen molar-refractivity contribution in [2.45, 2.75) is 70.8 Å². The quantitative estimate of drug-likeness (QED) is 0.243. The number of H-pyrrole nitrogens is 1. The standard InChI is InChI=1S/C31H35FN4O4/c1-3-39-31(38)25(20-12-10-7-11-13-20)22-16-17-24-28(26(22)32)34-29(33-24)27(21-14-8-5-4-6-9-15-21)35-30(37)23-18-40-36-19(23)2/h7,10-13,16-18,21,25,27H,3-6,8-9,14-15H2,1-2H3,(H,33,34)(H,35,37). The number of fused-ring (bicyclic) bond motifs is 1. The number of benzene rings is 2. The summed E-state index contributed by atoms with van der Waals surface area (Å²) in [7, 11) is 0. The van der Waals surface area contributed by atoms with E-state index in [1.807, 2.05) is 18.2 Å². The number of imidazole rings is 1. The average Bonchev–Trinajstić information content (AvgIpc) is 3.56. The lowest BCUT2D eigenvalue weighted by molar-refractivity contribution is -0.143. The highest BCUT2D eigenvalue weighted by molar-refractivity contribution is 5.95. The number of halogens is 1. The van der Waals surface area contributed by atoms with Crippen molar-refractivity contribution in [3.05, 3.63) is 82.8 Å². The molecule has 1 amide bonds. The van der Waals surface area contributed by atoms with Gasteiger partial charge in [-0.1, -0.05) is 73.7 Å². The van der Waals surface area contributed by atoms with Gasteiger partial charge in [-0.3, -0.25) is 9.59 Å². The number of aromatic nitrogens is 3. The molecule has 2 aromatic carbocycles. The zero-order valence-electron chi connectivity index (χ0n) is 22.9. The van der Waals surface area contributed by atoms with E-state index in [4.69, 9.17) is 14.2 Å². The maximum Gasteiger partial charge on any atom is 0.318 e. The van der Waals surface area contributed by atoms with E-state index in [1.54, 1.807) is 38.1 Å². The number of carbonyl (C=O) groups is 2. The molecule has 1 aliphatic carbocycles. The number of aromatic amines is 1. The fourth-order valence-corrected chi connectivity index (χ4v) is 5.72. The van der Waals surface area contributed by atoms with Crippen LogP contribution in [0.1, 0.15) is 96.8 Å². The summed E-state index contributed by atoms with van der Waals surface area (Å²) in [5, 5.41) is 6.98. The summed E-state index contributed by atoms with van der Waals surface area (Å²) in [6.07, 6.45) is 8.81. The Bertz CT molecular complexity index is 1460. The Balaban J connectivity index is 1.55. The van der Waals surface area contributed by atoms with Gasteiger partial charge in [-0.05, 0) is 44.2 Å². The number of esters is 1. The van der Waals surface area contributed by atoms with Crippen LogP contribution >= 0.6 is 0 Å². The largest absolute Gasteiger partial charge is 0.465 e. The second-order valence-corrected chi connectivity index (χ2v) is 10.5. The molecule has 2 atom stereocenters. The van der Waals surface area contributed by atoms with E-state index in [-0.39, 0.29) is 29.5 Å². The first-order chi connectivity index (χ1) is 19.5. The van der Waals surface area contributed by atoms with Crippen molar-refractivity contribution in [1.29, 1.82) is 0 Å². The van der Waals surface area contributed by atoms with Crippen LogP contribution in [0.3, 0.4) is 0 Å². The van der Waals surface area contributed by atoms with Crippen molar-refractivity contribution >= 4 is 22.9 Å². The average molecular weight is 547 g/mol. The van der Waals surface area contributed by atoms with Gasteiger partial charge in [0.15, 0.2) is 5.82 Å². The number of nitrogens with zero attached hydrogens (tertiary/aromatic N) is 2. The lowest BCUT2D eigenvalue weighted by Crippen LogP contribution is -2.35. The van der Waals surface area contributed by atoms with Crippen molar-refractivity contribution in [2.75, 3.05) is 6.61 Å². The van der Waals surface area contributed by atoms with Crippen molar-refractivity contribution < 1.29 is 23.2 Å². The number of hydrogen-bond acceptors (Lipinski definition) is 6. The summed E-state index contributed by atoms with van der Waals surface area (Å²) in [5.74, 6) is -1.72. The van der Waals surface area contributed by atoms with Crippen LogP contribution < -0.4 is 5.32 Å². The number of hydrogen-bond donors (Lipinski definition) is 2. The molecule has 0 aliphatic heterocycles. The normalized spacial score (nSPS) is 16.2. The Morgan fingerprint density at radius 2 is 1.82 bits per heavy atom. The second kappa shape index (κ2) is 12.4. The Kier molecular flexibility index (Phi) is 8.57. The minimum Gasteiger partial charge on any atom is -0.465 e. The minimum absolute atomic E-state index is 0.129. The molecule has 2 unspecified atom stereocenters. The topological polar surface area (TPSA) is 110 Å². The molecule has 9 heteroatoms. The van der Waals surface area contributed by atoms with Gasteiger partial charge >= 0.3 is 5.97 Å². The van der Waals surface area contributed by atoms with Gasteiger partial charge in [-0.25, -0.2) is 9.37 Å². The lowest BCUT2D eigenvalue weighted by Gasteiger charge is -2.28. The van der Waals surface area contributed by atoms with Crippen LogP contribution in [0.25, 0.3) is 11.0 Å². The Morgan fingerprint density at radius 1 is 1.10 bits per heavy atom. The van der Waals surface area contributed by atoms with Crippen LogP contribution in [-0.4, -0.2) is 33.6 Å². The summed E-state index contributed by atoms with van der Waals surface area (Å²) >= 11 is 0. The predicted octanol–water partition coefficient (Wildman–Crippen LogP) is 6.53. The SMILES string of the molecule is CCOC(=O)C(c1ccccc1)c1ccc2[nH]c(C(NC(=O)c3conc3C)C3CCCCCCC3)nc2c1F. The minimum atomic E-state index is -0.927. The molecule has 0 saturated heterocycles. The molecular weight excluding hydrogens is 511 g/mol. The number of ether oxygens (including phenoxy) is 1. The highest BCUT2D eigenvalue weighted by atomic mass is 19.1. The molecule has 8 nitrogen and oxygen atoms in total. The molecule has 1 aliphatic rings. The van der Waals surface area contributed by atoms with Gasteiger partial charge in [0, 0.05) is 5.56 Å². The molecular formula is C31H35FN4O4. The number of amides is 1. The third-order valence-corrected chi connectivity index (χ3v) is 7.80. The first-order valence-electron chi connectivity index (χ1n) is 14.1. The van der Waals surface area contributed by atoms with Crippen molar-refractivity contribution in [3.8, 4) is 0 Å². The molecule has 0 bridgehead atoms. The maximum atomic E-state index is 16.2. The fraction of sp³-hybridized carbons (Fsp3) is 0.419. The number of carbonyl (C=O) groups excluding carboxylic acids is 2. The van der Waals surface area contributed by atoms with Crippen LogP contribution in [0.2, 0.25) is 0 Å². The zero-order valence-corrected chi connectivity index (χ0v) is 22.9. The first kappa shape index (κ1) is 27.6. The zero-order chi connectivity index (χ0) is 28.1. The smallest absolute Gasteiger partial charge is 0.318 e. The highest BCUT2D eigenvalue weighted by Crippen LogP contribution is 2.36. The second-order valence-electron chi connectivity index (χ2n) is 10.5. The van der Waals surface area contributed by atoms with Gasteiger partial charge in [0.2, 0.25) is 0 Å². The summed E-state index contributed by atoms with van der Waals surface area (Å²) in [6, 6.07) is 11.9. The fourth-order valence-electron chi connectivity index (χ4n) is 5.72. The van der Waals surface area contributed by atoms with E-state index in [2.05, 4.69) is 15.5 Å². The molecule has 0 spiro atoms. The Morgan fingerprint density at radius 3 is 2.50 bits per heavy atom. The molecule has 2 aromatic heterocycles. The third kappa shape index (κ3) is 5.78. The summed E-state index contributed by atoms with van der Waals surface area (Å²) in [4.78, 5) is 34.2. The molecule has 1 fully saturated rings. The van der Waals surface area contributed by atoms with Gasteiger partial charge in [-0.15, -0.1) is 0 Å². The molecule has 4 aromatic rings. The number of aryl methyl sites for hydroxylation is 1. The maximum absolute atomic E-state index is 16.2. The molecule has 40 heavy (non-hydrogen) atoms. The van der Waals surface area contributed by atoms with E-state index < -0.39 is 23.7 Å². The van der Waals surface area contributed by atoms with Crippen LogP contribution in [0.4, 0.5) is 4.39 Å². The molecule has 5 rings (SSSR count). The van der Waals surface area contributed by atoms with E-state index in [0.717, 1.165) is 38.5 Å². The molecule has 1 saturated carbocycles. The third-order valence-electron chi connectivity index (χ3n) is 7.80. The van der Waals surface area contributed by atoms with Crippen molar-refractivity contribution in [2.24, 2.45) is 5.92 Å². The van der Waals surface area contributed by atoms with Gasteiger partial charge in [-0.2, -0.15) is 0 Å². The van der Waals surface area contributed by atoms with Crippen LogP contribution in [0.5, 0.6) is 0 Å². The van der Waals surface area contributed by atoms with Crippen LogP contribution in [0.15, 0.2) is 53.3 Å². The van der Waals surface area contributed by atoms with E-state index in [1.165, 1.54) is 12.7 Å². The lowest BCUT2D eigenvalue weighted by atomic mass is 9.85. The predicted molar refractivity (Wildman–Crippen MR) is 148 cm³/mol. The molecule has 210 valence electrons. The highest BCUT2D eigenvalue weighted by Gasteiger charge is 2.32. The van der Waals surface area contributed by atoms with Crippen molar-refractivity contribution in [3.63, 3.8) is 0 Å². The van der Waals surface area contributed by atoms with Crippen LogP contribution in [0, 0.1) is 18.7 Å². The molecule has 2 heterocycles.